The molecule has 0 aromatic heterocycles. The Bertz CT molecular complexity index is 216. The number of nitrogens with zero attached hydrogens (tertiary/aromatic N) is 1. The maximum Gasteiger partial charge on any atom is 0.0611 e. The minimum Gasteiger partial charge on any atom is -0.394 e. The van der Waals surface area contributed by atoms with E-state index in [0.29, 0.717) is 6.04 Å². The molecule has 0 radical (unpaired) electrons. The third-order valence-corrected chi connectivity index (χ3v) is 3.51. The zero-order valence-electron chi connectivity index (χ0n) is 12.0. The molecular weight excluding hydrogens is 212 g/mol. The largest absolute Gasteiger partial charge is 0.394 e. The van der Waals surface area contributed by atoms with Crippen molar-refractivity contribution >= 4 is 0 Å². The molecule has 0 aliphatic heterocycles. The first-order valence-corrected chi connectivity index (χ1v) is 7.13. The summed E-state index contributed by atoms with van der Waals surface area (Å²) in [4.78, 5) is 2.59. The summed E-state index contributed by atoms with van der Waals surface area (Å²) in [5.74, 6) is 0. The van der Waals surface area contributed by atoms with E-state index in [1.165, 1.54) is 25.8 Å². The molecule has 102 valence electrons. The lowest BCUT2D eigenvalue weighted by Gasteiger charge is -2.33. The number of nitrogens with one attached hydrogen (secondary N) is 1. The van der Waals surface area contributed by atoms with Crippen LogP contribution in [0.25, 0.3) is 0 Å². The van der Waals surface area contributed by atoms with Crippen molar-refractivity contribution in [2.24, 2.45) is 0 Å². The standard InChI is InChI=1S/C14H30N2O/c1-5-9-16(13-6-7-13)10-8-14(4,11-17)15-12(2)3/h12-13,15,17H,5-11H2,1-4H3. The van der Waals surface area contributed by atoms with Gasteiger partial charge in [0.15, 0.2) is 0 Å². The highest BCUT2D eigenvalue weighted by atomic mass is 16.3. The molecule has 1 rings (SSSR count). The molecule has 0 saturated heterocycles. The van der Waals surface area contributed by atoms with Crippen LogP contribution in [-0.2, 0) is 0 Å². The summed E-state index contributed by atoms with van der Waals surface area (Å²) in [7, 11) is 0. The number of aliphatic hydroxyl groups is 1. The molecule has 0 aromatic rings. The molecule has 0 aromatic carbocycles. The molecule has 17 heavy (non-hydrogen) atoms. The Morgan fingerprint density at radius 1 is 1.35 bits per heavy atom. The maximum absolute atomic E-state index is 9.55. The zero-order valence-corrected chi connectivity index (χ0v) is 12.0. The Balaban J connectivity index is 2.38. The van der Waals surface area contributed by atoms with Gasteiger partial charge in [-0.25, -0.2) is 0 Å². The summed E-state index contributed by atoms with van der Waals surface area (Å²) < 4.78 is 0. The van der Waals surface area contributed by atoms with Crippen molar-refractivity contribution in [2.75, 3.05) is 19.7 Å². The average molecular weight is 242 g/mol. The Hall–Kier alpha value is -0.120. The molecule has 3 nitrogen and oxygen atoms in total. The molecular formula is C14H30N2O. The van der Waals surface area contributed by atoms with Gasteiger partial charge in [0, 0.05) is 24.2 Å². The highest BCUT2D eigenvalue weighted by Crippen LogP contribution is 2.27. The van der Waals surface area contributed by atoms with E-state index >= 15 is 0 Å². The van der Waals surface area contributed by atoms with Crippen molar-refractivity contribution in [1.82, 2.24) is 10.2 Å². The molecule has 0 heterocycles. The minimum atomic E-state index is -0.130. The quantitative estimate of drug-likeness (QED) is 0.649. The van der Waals surface area contributed by atoms with Gasteiger partial charge in [-0.05, 0) is 39.2 Å². The van der Waals surface area contributed by atoms with Gasteiger partial charge in [0.05, 0.1) is 6.61 Å². The normalized spacial score (nSPS) is 19.9. The smallest absolute Gasteiger partial charge is 0.0611 e. The van der Waals surface area contributed by atoms with E-state index in [4.69, 9.17) is 0 Å². The number of hydrogen-bond acceptors (Lipinski definition) is 3. The van der Waals surface area contributed by atoms with Crippen LogP contribution in [0.2, 0.25) is 0 Å². The fraction of sp³-hybridized carbons (Fsp3) is 1.00. The van der Waals surface area contributed by atoms with Gasteiger partial charge in [0.25, 0.3) is 0 Å². The molecule has 0 amide bonds. The summed E-state index contributed by atoms with van der Waals surface area (Å²) in [6.07, 6.45) is 4.99. The van der Waals surface area contributed by atoms with Crippen LogP contribution in [0, 0.1) is 0 Å². The Labute approximate surface area is 107 Å². The van der Waals surface area contributed by atoms with Crippen molar-refractivity contribution in [3.63, 3.8) is 0 Å². The molecule has 1 aliphatic carbocycles. The van der Waals surface area contributed by atoms with Crippen molar-refractivity contribution in [3.05, 3.63) is 0 Å². The SMILES string of the molecule is CCCN(CCC(C)(CO)NC(C)C)C1CC1. The van der Waals surface area contributed by atoms with Gasteiger partial charge < -0.3 is 15.3 Å². The molecule has 1 aliphatic rings. The molecule has 0 spiro atoms. The van der Waals surface area contributed by atoms with E-state index in [0.717, 1.165) is 19.0 Å². The maximum atomic E-state index is 9.55. The van der Waals surface area contributed by atoms with Crippen LogP contribution in [0.3, 0.4) is 0 Å². The minimum absolute atomic E-state index is 0.130. The second kappa shape index (κ2) is 6.72. The van der Waals surface area contributed by atoms with Crippen LogP contribution in [0.1, 0.15) is 53.4 Å². The second-order valence-electron chi connectivity index (χ2n) is 6.03. The molecule has 1 unspecified atom stereocenters. The van der Waals surface area contributed by atoms with Crippen molar-refractivity contribution < 1.29 is 5.11 Å². The Morgan fingerprint density at radius 2 is 2.00 bits per heavy atom. The van der Waals surface area contributed by atoms with Crippen molar-refractivity contribution in [3.8, 4) is 0 Å². The van der Waals surface area contributed by atoms with Crippen molar-refractivity contribution in [2.45, 2.75) is 71.0 Å². The predicted octanol–water partition coefficient (Wildman–Crippen LogP) is 2.00. The van der Waals surface area contributed by atoms with E-state index in [1.54, 1.807) is 0 Å². The molecule has 1 atom stereocenters. The summed E-state index contributed by atoms with van der Waals surface area (Å²) >= 11 is 0. The molecule has 2 N–H and O–H groups in total. The van der Waals surface area contributed by atoms with Crippen LogP contribution in [0.5, 0.6) is 0 Å². The van der Waals surface area contributed by atoms with E-state index in [9.17, 15) is 5.11 Å². The average Bonchev–Trinajstić information content (AvgIpc) is 3.07. The Kier molecular flexibility index (Phi) is 5.90. The number of rotatable bonds is 9. The monoisotopic (exact) mass is 242 g/mol. The van der Waals surface area contributed by atoms with Crippen LogP contribution < -0.4 is 5.32 Å². The zero-order chi connectivity index (χ0) is 12.9. The van der Waals surface area contributed by atoms with Crippen LogP contribution in [0.15, 0.2) is 0 Å². The summed E-state index contributed by atoms with van der Waals surface area (Å²) in [5, 5.41) is 13.0. The van der Waals surface area contributed by atoms with E-state index in [1.807, 2.05) is 0 Å². The molecule has 1 fully saturated rings. The van der Waals surface area contributed by atoms with Gasteiger partial charge >= 0.3 is 0 Å². The van der Waals surface area contributed by atoms with Crippen LogP contribution in [-0.4, -0.2) is 47.3 Å². The van der Waals surface area contributed by atoms with Crippen molar-refractivity contribution in [1.29, 1.82) is 0 Å². The van der Waals surface area contributed by atoms with Crippen LogP contribution in [0.4, 0.5) is 0 Å². The van der Waals surface area contributed by atoms with Gasteiger partial charge in [-0.1, -0.05) is 20.8 Å². The summed E-state index contributed by atoms with van der Waals surface area (Å²) in [6, 6.07) is 1.25. The lowest BCUT2D eigenvalue weighted by Crippen LogP contribution is -2.51. The molecule has 3 heteroatoms. The topological polar surface area (TPSA) is 35.5 Å². The fourth-order valence-electron chi connectivity index (χ4n) is 2.49. The van der Waals surface area contributed by atoms with E-state index in [2.05, 4.69) is 37.9 Å². The van der Waals surface area contributed by atoms with Crippen LogP contribution >= 0.6 is 0 Å². The molecule has 1 saturated carbocycles. The van der Waals surface area contributed by atoms with Gasteiger partial charge in [-0.2, -0.15) is 0 Å². The van der Waals surface area contributed by atoms with Gasteiger partial charge in [-0.15, -0.1) is 0 Å². The highest BCUT2D eigenvalue weighted by molar-refractivity contribution is 4.89. The van der Waals surface area contributed by atoms with E-state index < -0.39 is 0 Å². The lowest BCUT2D eigenvalue weighted by atomic mass is 9.97. The predicted molar refractivity (Wildman–Crippen MR) is 73.3 cm³/mol. The van der Waals surface area contributed by atoms with Gasteiger partial charge in [0.1, 0.15) is 0 Å². The number of aliphatic hydroxyl groups excluding tert-OH is 1. The Morgan fingerprint density at radius 3 is 2.41 bits per heavy atom. The van der Waals surface area contributed by atoms with Gasteiger partial charge in [0.2, 0.25) is 0 Å². The third kappa shape index (κ3) is 5.36. The first kappa shape index (κ1) is 14.9. The molecule has 0 bridgehead atoms. The summed E-state index contributed by atoms with van der Waals surface area (Å²) in [6.45, 7) is 11.2. The summed E-state index contributed by atoms with van der Waals surface area (Å²) in [5.41, 5.74) is -0.130. The highest BCUT2D eigenvalue weighted by Gasteiger charge is 2.31. The van der Waals surface area contributed by atoms with Gasteiger partial charge in [-0.3, -0.25) is 0 Å². The second-order valence-corrected chi connectivity index (χ2v) is 6.03. The first-order valence-electron chi connectivity index (χ1n) is 7.13. The fourth-order valence-corrected chi connectivity index (χ4v) is 2.49. The lowest BCUT2D eigenvalue weighted by molar-refractivity contribution is 0.135. The third-order valence-electron chi connectivity index (χ3n) is 3.51. The first-order chi connectivity index (χ1) is 8.00. The number of hydrogen-bond donors (Lipinski definition) is 2. The van der Waals surface area contributed by atoms with E-state index in [-0.39, 0.29) is 12.1 Å².